The van der Waals surface area contributed by atoms with E-state index in [0.29, 0.717) is 5.75 Å². The van der Waals surface area contributed by atoms with Gasteiger partial charge in [-0.2, -0.15) is 0 Å². The minimum atomic E-state index is -1.00. The molecule has 7 nitrogen and oxygen atoms in total. The summed E-state index contributed by atoms with van der Waals surface area (Å²) >= 11 is 0. The van der Waals surface area contributed by atoms with Crippen LogP contribution in [-0.4, -0.2) is 38.8 Å². The molecule has 3 rings (SSSR count). The maximum atomic E-state index is 10.5. The first kappa shape index (κ1) is 16.8. The fourth-order valence-electron chi connectivity index (χ4n) is 2.42. The van der Waals surface area contributed by atoms with Crippen LogP contribution >= 0.6 is 0 Å². The molecule has 2 aromatic heterocycles. The molecule has 0 amide bonds. The number of nitrogens with one attached hydrogen (secondary N) is 1. The van der Waals surface area contributed by atoms with E-state index in [-0.39, 0.29) is 6.61 Å². The van der Waals surface area contributed by atoms with Crippen LogP contribution in [0.1, 0.15) is 19.8 Å². The van der Waals surface area contributed by atoms with Gasteiger partial charge in [0, 0.05) is 12.1 Å². The molecule has 0 spiro atoms. The zero-order valence-electron chi connectivity index (χ0n) is 14.0. The molecule has 0 fully saturated rings. The van der Waals surface area contributed by atoms with Crippen LogP contribution in [0.25, 0.3) is 16.9 Å². The zero-order chi connectivity index (χ0) is 17.6. The van der Waals surface area contributed by atoms with Crippen LogP contribution in [0.2, 0.25) is 0 Å². The molecule has 0 aliphatic heterocycles. The maximum Gasteiger partial charge on any atom is 0.341 e. The predicted octanol–water partition coefficient (Wildman–Crippen LogP) is 3.07. The molecule has 2 heterocycles. The topological polar surface area (TPSA) is 88.8 Å². The van der Waals surface area contributed by atoms with Gasteiger partial charge in [-0.3, -0.25) is 0 Å². The summed E-state index contributed by atoms with van der Waals surface area (Å²) in [7, 11) is 0. The molecule has 0 aliphatic rings. The number of aliphatic carboxylic acids is 1. The number of carboxylic acid groups (broad SMARTS) is 1. The molecule has 0 saturated carbocycles. The van der Waals surface area contributed by atoms with E-state index in [1.165, 1.54) is 0 Å². The van der Waals surface area contributed by atoms with Gasteiger partial charge in [0.25, 0.3) is 0 Å². The average Bonchev–Trinajstić information content (AvgIpc) is 3.04. The standard InChI is InChI=1S/C18H20N4O3/c1-2-3-10-19-16-8-9-17-20-11-15(22(17)21-16)13-4-6-14(7-5-13)25-12-18(23)24/h4-9,11H,2-3,10,12H2,1H3,(H,19,21)(H,23,24). The highest BCUT2D eigenvalue weighted by Crippen LogP contribution is 2.23. The summed E-state index contributed by atoms with van der Waals surface area (Å²) in [5.74, 6) is 0.314. The van der Waals surface area contributed by atoms with Crippen molar-refractivity contribution in [3.05, 3.63) is 42.6 Å². The lowest BCUT2D eigenvalue weighted by Crippen LogP contribution is -2.09. The Hall–Kier alpha value is -3.09. The van der Waals surface area contributed by atoms with Gasteiger partial charge in [0.05, 0.1) is 11.9 Å². The summed E-state index contributed by atoms with van der Waals surface area (Å²) in [6, 6.07) is 11.0. The SMILES string of the molecule is CCCCNc1ccc2ncc(-c3ccc(OCC(=O)O)cc3)n2n1. The molecule has 1 aromatic carbocycles. The normalized spacial score (nSPS) is 10.8. The number of rotatable bonds is 8. The average molecular weight is 340 g/mol. The summed E-state index contributed by atoms with van der Waals surface area (Å²) in [6.45, 7) is 2.67. The van der Waals surface area contributed by atoms with Gasteiger partial charge in [-0.25, -0.2) is 14.3 Å². The Morgan fingerprint density at radius 3 is 2.76 bits per heavy atom. The second-order valence-corrected chi connectivity index (χ2v) is 5.62. The Bertz CT molecular complexity index is 858. The second-order valence-electron chi connectivity index (χ2n) is 5.62. The van der Waals surface area contributed by atoms with E-state index in [4.69, 9.17) is 9.84 Å². The highest BCUT2D eigenvalue weighted by atomic mass is 16.5. The fourth-order valence-corrected chi connectivity index (χ4v) is 2.42. The van der Waals surface area contributed by atoms with Crippen molar-refractivity contribution in [3.8, 4) is 17.0 Å². The molecule has 0 radical (unpaired) electrons. The third-order valence-electron chi connectivity index (χ3n) is 3.71. The van der Waals surface area contributed by atoms with Crippen molar-refractivity contribution in [2.75, 3.05) is 18.5 Å². The van der Waals surface area contributed by atoms with Crippen molar-refractivity contribution in [2.24, 2.45) is 0 Å². The predicted molar refractivity (Wildman–Crippen MR) is 95.0 cm³/mol. The monoisotopic (exact) mass is 340 g/mol. The van der Waals surface area contributed by atoms with Crippen molar-refractivity contribution in [2.45, 2.75) is 19.8 Å². The number of ether oxygens (including phenoxy) is 1. The van der Waals surface area contributed by atoms with Crippen molar-refractivity contribution in [1.29, 1.82) is 0 Å². The molecule has 0 atom stereocenters. The highest BCUT2D eigenvalue weighted by molar-refractivity contribution is 5.68. The highest BCUT2D eigenvalue weighted by Gasteiger charge is 2.08. The molecule has 0 aliphatic carbocycles. The summed E-state index contributed by atoms with van der Waals surface area (Å²) in [4.78, 5) is 14.9. The van der Waals surface area contributed by atoms with E-state index in [9.17, 15) is 4.79 Å². The molecular weight excluding hydrogens is 320 g/mol. The smallest absolute Gasteiger partial charge is 0.341 e. The summed E-state index contributed by atoms with van der Waals surface area (Å²) in [5.41, 5.74) is 2.55. The van der Waals surface area contributed by atoms with Crippen LogP contribution < -0.4 is 10.1 Å². The van der Waals surface area contributed by atoms with Crippen LogP contribution in [0, 0.1) is 0 Å². The Kier molecular flexibility index (Phi) is 5.13. The van der Waals surface area contributed by atoms with Gasteiger partial charge in [0.2, 0.25) is 0 Å². The van der Waals surface area contributed by atoms with Crippen molar-refractivity contribution in [3.63, 3.8) is 0 Å². The lowest BCUT2D eigenvalue weighted by atomic mass is 10.1. The molecule has 7 heteroatoms. The minimum Gasteiger partial charge on any atom is -0.482 e. The Balaban J connectivity index is 1.82. The van der Waals surface area contributed by atoms with Gasteiger partial charge >= 0.3 is 5.97 Å². The first-order valence-corrected chi connectivity index (χ1v) is 8.21. The van der Waals surface area contributed by atoms with Crippen molar-refractivity contribution in [1.82, 2.24) is 14.6 Å². The molecule has 25 heavy (non-hydrogen) atoms. The molecular formula is C18H20N4O3. The number of benzene rings is 1. The van der Waals surface area contributed by atoms with E-state index in [0.717, 1.165) is 42.1 Å². The first-order chi connectivity index (χ1) is 12.2. The number of nitrogens with zero attached hydrogens (tertiary/aromatic N) is 3. The van der Waals surface area contributed by atoms with Crippen LogP contribution in [0.5, 0.6) is 5.75 Å². The lowest BCUT2D eigenvalue weighted by Gasteiger charge is -2.07. The first-order valence-electron chi connectivity index (χ1n) is 8.21. The molecule has 0 bridgehead atoms. The van der Waals surface area contributed by atoms with Crippen molar-refractivity contribution >= 4 is 17.4 Å². The molecule has 0 saturated heterocycles. The molecule has 130 valence electrons. The second kappa shape index (κ2) is 7.65. The Morgan fingerprint density at radius 2 is 2.04 bits per heavy atom. The summed E-state index contributed by atoms with van der Waals surface area (Å²) in [5, 5.41) is 16.6. The number of hydrogen-bond donors (Lipinski definition) is 2. The van der Waals surface area contributed by atoms with E-state index >= 15 is 0 Å². The molecule has 2 N–H and O–H groups in total. The largest absolute Gasteiger partial charge is 0.482 e. The van der Waals surface area contributed by atoms with Gasteiger partial charge in [-0.15, -0.1) is 5.10 Å². The number of imidazole rings is 1. The van der Waals surface area contributed by atoms with Crippen LogP contribution in [0.4, 0.5) is 5.82 Å². The number of carboxylic acids is 1. The van der Waals surface area contributed by atoms with Gasteiger partial charge < -0.3 is 15.2 Å². The number of fused-ring (bicyclic) bond motifs is 1. The Labute approximate surface area is 145 Å². The van der Waals surface area contributed by atoms with E-state index in [1.807, 2.05) is 24.3 Å². The number of anilines is 1. The number of unbranched alkanes of at least 4 members (excludes halogenated alkanes) is 1. The lowest BCUT2D eigenvalue weighted by molar-refractivity contribution is -0.139. The molecule has 3 aromatic rings. The Morgan fingerprint density at radius 1 is 1.24 bits per heavy atom. The van der Waals surface area contributed by atoms with Crippen LogP contribution in [0.3, 0.4) is 0 Å². The number of hydrogen-bond acceptors (Lipinski definition) is 5. The van der Waals surface area contributed by atoms with Gasteiger partial charge in [-0.1, -0.05) is 13.3 Å². The summed E-state index contributed by atoms with van der Waals surface area (Å²) in [6.07, 6.45) is 3.99. The quantitative estimate of drug-likeness (QED) is 0.613. The third kappa shape index (κ3) is 4.06. The van der Waals surface area contributed by atoms with E-state index < -0.39 is 5.97 Å². The minimum absolute atomic E-state index is 0.358. The maximum absolute atomic E-state index is 10.5. The third-order valence-corrected chi connectivity index (χ3v) is 3.71. The van der Waals surface area contributed by atoms with E-state index in [2.05, 4.69) is 22.3 Å². The number of carbonyl (C=O) groups is 1. The van der Waals surface area contributed by atoms with E-state index in [1.54, 1.807) is 22.8 Å². The summed E-state index contributed by atoms with van der Waals surface area (Å²) < 4.78 is 6.95. The van der Waals surface area contributed by atoms with Gasteiger partial charge in [0.15, 0.2) is 12.3 Å². The van der Waals surface area contributed by atoms with Crippen LogP contribution in [0.15, 0.2) is 42.6 Å². The zero-order valence-corrected chi connectivity index (χ0v) is 14.0. The fraction of sp³-hybridized carbons (Fsp3) is 0.278. The van der Waals surface area contributed by atoms with Gasteiger partial charge in [-0.05, 0) is 42.8 Å². The number of aromatic nitrogens is 3. The van der Waals surface area contributed by atoms with Crippen molar-refractivity contribution < 1.29 is 14.6 Å². The van der Waals surface area contributed by atoms with Crippen LogP contribution in [-0.2, 0) is 4.79 Å². The van der Waals surface area contributed by atoms with Gasteiger partial charge in [0.1, 0.15) is 11.6 Å². The molecule has 0 unspecified atom stereocenters.